The summed E-state index contributed by atoms with van der Waals surface area (Å²) < 4.78 is 32.9. The maximum absolute atomic E-state index is 6.67. The third-order valence-electron chi connectivity index (χ3n) is 7.26. The van der Waals surface area contributed by atoms with Crippen molar-refractivity contribution in [1.82, 2.24) is 0 Å². The molecule has 0 fully saturated rings. The molecule has 0 radical (unpaired) electrons. The molecule has 0 bridgehead atoms. The Labute approximate surface area is 212 Å². The van der Waals surface area contributed by atoms with Crippen LogP contribution >= 0.6 is 7.74 Å². The van der Waals surface area contributed by atoms with Crippen molar-refractivity contribution in [3.8, 4) is 0 Å². The van der Waals surface area contributed by atoms with Gasteiger partial charge in [-0.1, -0.05) is 0 Å². The molecule has 5 nitrogen and oxygen atoms in total. The molecule has 0 aromatic carbocycles. The molecule has 1 heterocycles. The van der Waals surface area contributed by atoms with Gasteiger partial charge in [0.15, 0.2) is 0 Å². The van der Waals surface area contributed by atoms with Crippen LogP contribution in [0.15, 0.2) is 11.5 Å². The second kappa shape index (κ2) is 16.4. The Kier molecular flexibility index (Phi) is 15.3. The molecule has 0 aromatic heterocycles. The van der Waals surface area contributed by atoms with Gasteiger partial charge < -0.3 is 0 Å². The van der Waals surface area contributed by atoms with E-state index in [-0.39, 0.29) is 0 Å². The molecule has 0 spiro atoms. The van der Waals surface area contributed by atoms with Gasteiger partial charge in [-0.25, -0.2) is 0 Å². The van der Waals surface area contributed by atoms with Crippen molar-refractivity contribution in [1.29, 1.82) is 0 Å². The molecule has 0 saturated heterocycles. The summed E-state index contributed by atoms with van der Waals surface area (Å²) in [6, 6.07) is 0. The number of allylic oxidation sites excluding steroid dienone is 2. The SMILES string of the molecule is CCCCC(CC)COP1(OCC(CC)CCCC)(OCC(CC)CCCC)OC(C)=C(C)O1. The normalized spacial score (nSPS) is 20.8. The van der Waals surface area contributed by atoms with Gasteiger partial charge in [0.1, 0.15) is 0 Å². The summed E-state index contributed by atoms with van der Waals surface area (Å²) in [6.07, 6.45) is 13.7. The number of hydrogen-bond acceptors (Lipinski definition) is 5. The van der Waals surface area contributed by atoms with Crippen molar-refractivity contribution in [3.05, 3.63) is 11.5 Å². The van der Waals surface area contributed by atoms with E-state index in [0.717, 1.165) is 38.5 Å². The molecule has 204 valence electrons. The molecule has 0 amide bonds. The second-order valence-electron chi connectivity index (χ2n) is 10.2. The molecule has 3 atom stereocenters. The van der Waals surface area contributed by atoms with Gasteiger partial charge >= 0.3 is 212 Å². The van der Waals surface area contributed by atoms with Gasteiger partial charge in [0, 0.05) is 0 Å². The quantitative estimate of drug-likeness (QED) is 0.145. The molecular formula is C28H57O5P. The summed E-state index contributed by atoms with van der Waals surface area (Å²) in [4.78, 5) is 0. The van der Waals surface area contributed by atoms with Crippen LogP contribution in [0.3, 0.4) is 0 Å². The molecule has 0 aliphatic carbocycles. The molecule has 0 N–H and O–H groups in total. The van der Waals surface area contributed by atoms with Crippen LogP contribution < -0.4 is 0 Å². The maximum atomic E-state index is 6.67. The number of hydrogen-bond donors (Lipinski definition) is 0. The summed E-state index contributed by atoms with van der Waals surface area (Å²) in [5.41, 5.74) is 0. The zero-order valence-corrected chi connectivity index (χ0v) is 24.7. The van der Waals surface area contributed by atoms with E-state index in [1.54, 1.807) is 0 Å². The standard InChI is InChI=1S/C28H57O5P/c1-9-15-18-26(12-4)21-29-34(32-24(7)25(8)33-34,30-22-27(13-5)19-16-10-2)31-23-28(14-6)20-17-11-3/h26-28H,9-23H2,1-8H3. The fourth-order valence-corrected chi connectivity index (χ4v) is 7.33. The molecule has 1 aliphatic rings. The van der Waals surface area contributed by atoms with Crippen LogP contribution in [-0.2, 0) is 22.6 Å². The van der Waals surface area contributed by atoms with Crippen LogP contribution in [-0.4, -0.2) is 19.8 Å². The predicted octanol–water partition coefficient (Wildman–Crippen LogP) is 10.1. The summed E-state index contributed by atoms with van der Waals surface area (Å²) >= 11 is 0. The molecule has 1 rings (SSSR count). The third kappa shape index (κ3) is 9.96. The average molecular weight is 505 g/mol. The van der Waals surface area contributed by atoms with Crippen LogP contribution in [0.25, 0.3) is 0 Å². The number of rotatable bonds is 21. The molecule has 3 unspecified atom stereocenters. The summed E-state index contributed by atoms with van der Waals surface area (Å²) in [6.45, 7) is 18.8. The molecular weight excluding hydrogens is 447 g/mol. The van der Waals surface area contributed by atoms with Crippen LogP contribution in [0.5, 0.6) is 0 Å². The zero-order valence-electron chi connectivity index (χ0n) is 23.8. The first-order chi connectivity index (χ1) is 16.3. The Morgan fingerprint density at radius 2 is 0.853 bits per heavy atom. The van der Waals surface area contributed by atoms with E-state index < -0.39 is 7.74 Å². The second-order valence-corrected chi connectivity index (χ2v) is 12.8. The minimum atomic E-state index is -4.24. The molecule has 6 heteroatoms. The summed E-state index contributed by atoms with van der Waals surface area (Å²) in [5, 5.41) is 0. The minimum absolute atomic E-state index is 0.434. The van der Waals surface area contributed by atoms with Gasteiger partial charge in [0.05, 0.1) is 0 Å². The fraction of sp³-hybridized carbons (Fsp3) is 0.929. The Balaban J connectivity index is 3.18. The van der Waals surface area contributed by atoms with Crippen molar-refractivity contribution >= 4 is 7.74 Å². The van der Waals surface area contributed by atoms with Crippen molar-refractivity contribution in [3.63, 3.8) is 0 Å². The van der Waals surface area contributed by atoms with E-state index in [9.17, 15) is 0 Å². The summed E-state index contributed by atoms with van der Waals surface area (Å²) in [7, 11) is -4.24. The third-order valence-corrected chi connectivity index (χ3v) is 10.1. The van der Waals surface area contributed by atoms with E-state index in [1.807, 2.05) is 13.8 Å². The Morgan fingerprint density at radius 3 is 1.09 bits per heavy atom. The molecule has 0 saturated carbocycles. The molecule has 34 heavy (non-hydrogen) atoms. The Morgan fingerprint density at radius 1 is 0.559 bits per heavy atom. The Hall–Kier alpha value is -0.350. The van der Waals surface area contributed by atoms with Crippen molar-refractivity contribution in [2.45, 2.75) is 132 Å². The first-order valence-electron chi connectivity index (χ1n) is 14.4. The van der Waals surface area contributed by atoms with Gasteiger partial charge in [0.25, 0.3) is 0 Å². The van der Waals surface area contributed by atoms with Gasteiger partial charge in [-0.15, -0.1) is 0 Å². The molecule has 1 aliphatic heterocycles. The van der Waals surface area contributed by atoms with Crippen molar-refractivity contribution in [2.24, 2.45) is 17.8 Å². The van der Waals surface area contributed by atoms with E-state index in [0.29, 0.717) is 49.1 Å². The van der Waals surface area contributed by atoms with Crippen LogP contribution in [0.1, 0.15) is 132 Å². The zero-order chi connectivity index (χ0) is 25.5. The van der Waals surface area contributed by atoms with Crippen molar-refractivity contribution in [2.75, 3.05) is 19.8 Å². The Bertz CT molecular complexity index is 508. The van der Waals surface area contributed by atoms with Gasteiger partial charge in [-0.3, -0.25) is 0 Å². The van der Waals surface area contributed by atoms with Crippen LogP contribution in [0, 0.1) is 17.8 Å². The van der Waals surface area contributed by atoms with E-state index in [4.69, 9.17) is 22.6 Å². The monoisotopic (exact) mass is 504 g/mol. The first kappa shape index (κ1) is 31.7. The van der Waals surface area contributed by atoms with E-state index >= 15 is 0 Å². The fourth-order valence-electron chi connectivity index (χ4n) is 4.24. The average Bonchev–Trinajstić information content (AvgIpc) is 3.10. The van der Waals surface area contributed by atoms with Crippen molar-refractivity contribution < 1.29 is 22.6 Å². The first-order valence-corrected chi connectivity index (χ1v) is 16.2. The van der Waals surface area contributed by atoms with Gasteiger partial charge in [-0.2, -0.15) is 0 Å². The van der Waals surface area contributed by atoms with Crippen LogP contribution in [0.4, 0.5) is 0 Å². The predicted molar refractivity (Wildman–Crippen MR) is 145 cm³/mol. The van der Waals surface area contributed by atoms with E-state index in [2.05, 4.69) is 41.5 Å². The topological polar surface area (TPSA) is 46.2 Å². The van der Waals surface area contributed by atoms with E-state index in [1.165, 1.54) is 38.5 Å². The summed E-state index contributed by atoms with van der Waals surface area (Å²) in [5.74, 6) is 2.72. The van der Waals surface area contributed by atoms with Gasteiger partial charge in [-0.05, 0) is 0 Å². The van der Waals surface area contributed by atoms with Crippen LogP contribution in [0.2, 0.25) is 0 Å². The number of unbranched alkanes of at least 4 members (excludes halogenated alkanes) is 3. The molecule has 0 aromatic rings. The van der Waals surface area contributed by atoms with Gasteiger partial charge in [0.2, 0.25) is 0 Å².